The zero-order chi connectivity index (χ0) is 19.4. The van der Waals surface area contributed by atoms with Gasteiger partial charge in [-0.15, -0.1) is 11.8 Å². The van der Waals surface area contributed by atoms with E-state index in [1.807, 2.05) is 6.26 Å². The third-order valence-electron chi connectivity index (χ3n) is 3.99. The summed E-state index contributed by atoms with van der Waals surface area (Å²) in [6.45, 7) is 1.03. The van der Waals surface area contributed by atoms with E-state index in [0.717, 1.165) is 23.2 Å². The molecule has 1 aromatic heterocycles. The molecule has 1 aliphatic rings. The molecule has 0 aliphatic carbocycles. The van der Waals surface area contributed by atoms with Crippen molar-refractivity contribution in [2.24, 2.45) is 0 Å². The minimum absolute atomic E-state index is 0.133. The quantitative estimate of drug-likeness (QED) is 0.759. The minimum atomic E-state index is -3.83. The van der Waals surface area contributed by atoms with Crippen LogP contribution in [0.15, 0.2) is 46.5 Å². The molecular formula is C17H18FN3O4S2. The Morgan fingerprint density at radius 1 is 1.26 bits per heavy atom. The van der Waals surface area contributed by atoms with Gasteiger partial charge in [-0.05, 0) is 36.6 Å². The Kier molecular flexibility index (Phi) is 6.10. The molecule has 2 aromatic rings. The highest BCUT2D eigenvalue weighted by atomic mass is 32.2. The third-order valence-corrected chi connectivity index (χ3v) is 6.55. The van der Waals surface area contributed by atoms with Crippen LogP contribution < -0.4 is 5.32 Å². The lowest BCUT2D eigenvalue weighted by Crippen LogP contribution is -2.40. The van der Waals surface area contributed by atoms with Crippen LogP contribution in [0, 0.1) is 5.82 Å². The van der Waals surface area contributed by atoms with E-state index in [0.29, 0.717) is 18.9 Å². The predicted molar refractivity (Wildman–Crippen MR) is 99.9 cm³/mol. The number of carbonyl (C=O) groups is 1. The van der Waals surface area contributed by atoms with Crippen LogP contribution in [0.25, 0.3) is 0 Å². The van der Waals surface area contributed by atoms with Crippen molar-refractivity contribution in [2.45, 2.75) is 9.92 Å². The van der Waals surface area contributed by atoms with Gasteiger partial charge < -0.3 is 10.1 Å². The zero-order valence-electron chi connectivity index (χ0n) is 14.5. The third kappa shape index (κ3) is 4.46. The molecule has 0 saturated carbocycles. The average molecular weight is 411 g/mol. The predicted octanol–water partition coefficient (Wildman–Crippen LogP) is 2.22. The summed E-state index contributed by atoms with van der Waals surface area (Å²) in [5, 5.41) is 3.31. The number of amides is 1. The minimum Gasteiger partial charge on any atom is -0.379 e. The molecule has 144 valence electrons. The lowest BCUT2D eigenvalue weighted by atomic mass is 10.2. The Bertz CT molecular complexity index is 930. The number of halogens is 1. The number of hydrogen-bond acceptors (Lipinski definition) is 6. The van der Waals surface area contributed by atoms with Crippen molar-refractivity contribution >= 4 is 33.4 Å². The van der Waals surface area contributed by atoms with Gasteiger partial charge in [0.15, 0.2) is 0 Å². The van der Waals surface area contributed by atoms with Crippen LogP contribution in [0.3, 0.4) is 0 Å². The topological polar surface area (TPSA) is 88.6 Å². The number of pyridine rings is 1. The highest BCUT2D eigenvalue weighted by Crippen LogP contribution is 2.21. The smallest absolute Gasteiger partial charge is 0.258 e. The van der Waals surface area contributed by atoms with Gasteiger partial charge in [-0.1, -0.05) is 0 Å². The van der Waals surface area contributed by atoms with Gasteiger partial charge in [0, 0.05) is 13.1 Å². The monoisotopic (exact) mass is 411 g/mol. The molecule has 0 spiro atoms. The van der Waals surface area contributed by atoms with Crippen LogP contribution in [0.4, 0.5) is 10.1 Å². The molecule has 0 atom stereocenters. The Balaban J connectivity index is 1.84. The van der Waals surface area contributed by atoms with Gasteiger partial charge in [0.05, 0.1) is 40.6 Å². The summed E-state index contributed by atoms with van der Waals surface area (Å²) in [5.74, 6) is -1.55. The Hall–Kier alpha value is -2.01. The SMILES string of the molecule is CSc1ccc(NC(=O)c2cc(S(=O)(=O)N3CCOCC3)ccc2F)cn1. The molecule has 1 N–H and O–H groups in total. The fraction of sp³-hybridized carbons (Fsp3) is 0.294. The van der Waals surface area contributed by atoms with Gasteiger partial charge in [0.25, 0.3) is 5.91 Å². The maximum atomic E-state index is 14.2. The van der Waals surface area contributed by atoms with Crippen LogP contribution in [0.1, 0.15) is 10.4 Å². The van der Waals surface area contributed by atoms with Crippen molar-refractivity contribution in [3.8, 4) is 0 Å². The fourth-order valence-corrected chi connectivity index (χ4v) is 4.35. The summed E-state index contributed by atoms with van der Waals surface area (Å²) < 4.78 is 46.0. The van der Waals surface area contributed by atoms with E-state index in [9.17, 15) is 17.6 Å². The van der Waals surface area contributed by atoms with Gasteiger partial charge >= 0.3 is 0 Å². The van der Waals surface area contributed by atoms with Crippen molar-refractivity contribution in [1.29, 1.82) is 0 Å². The zero-order valence-corrected chi connectivity index (χ0v) is 16.1. The lowest BCUT2D eigenvalue weighted by molar-refractivity contribution is 0.0730. The number of aromatic nitrogens is 1. The van der Waals surface area contributed by atoms with Crippen LogP contribution in [0.2, 0.25) is 0 Å². The molecule has 0 radical (unpaired) electrons. The molecule has 0 bridgehead atoms. The number of hydrogen-bond donors (Lipinski definition) is 1. The second-order valence-corrected chi connectivity index (χ2v) is 8.47. The summed E-state index contributed by atoms with van der Waals surface area (Å²) in [7, 11) is -3.83. The number of morpholine rings is 1. The van der Waals surface area contributed by atoms with Crippen LogP contribution in [-0.4, -0.2) is 56.2 Å². The lowest BCUT2D eigenvalue weighted by Gasteiger charge is -2.26. The highest BCUT2D eigenvalue weighted by molar-refractivity contribution is 7.98. The molecule has 3 rings (SSSR count). The number of thioether (sulfide) groups is 1. The second kappa shape index (κ2) is 8.34. The van der Waals surface area contributed by atoms with Crippen molar-refractivity contribution < 1.29 is 22.3 Å². The first-order valence-corrected chi connectivity index (χ1v) is 10.8. The van der Waals surface area contributed by atoms with E-state index < -0.39 is 21.7 Å². The van der Waals surface area contributed by atoms with E-state index >= 15 is 0 Å². The van der Waals surface area contributed by atoms with Crippen LogP contribution in [0.5, 0.6) is 0 Å². The Morgan fingerprint density at radius 3 is 2.63 bits per heavy atom. The van der Waals surface area contributed by atoms with E-state index in [2.05, 4.69) is 10.3 Å². The summed E-state index contributed by atoms with van der Waals surface area (Å²) >= 11 is 1.45. The fourth-order valence-electron chi connectivity index (χ4n) is 2.55. The second-order valence-electron chi connectivity index (χ2n) is 5.70. The molecular weight excluding hydrogens is 393 g/mol. The number of rotatable bonds is 5. The largest absolute Gasteiger partial charge is 0.379 e. The van der Waals surface area contributed by atoms with E-state index in [1.54, 1.807) is 12.1 Å². The summed E-state index contributed by atoms with van der Waals surface area (Å²) in [6, 6.07) is 6.56. The molecule has 1 amide bonds. The maximum Gasteiger partial charge on any atom is 0.258 e. The number of ether oxygens (including phenoxy) is 1. The molecule has 27 heavy (non-hydrogen) atoms. The molecule has 1 saturated heterocycles. The molecule has 10 heteroatoms. The Morgan fingerprint density at radius 2 is 2.00 bits per heavy atom. The number of sulfonamides is 1. The highest BCUT2D eigenvalue weighted by Gasteiger charge is 2.28. The first-order chi connectivity index (χ1) is 12.9. The van der Waals surface area contributed by atoms with Gasteiger partial charge in [-0.2, -0.15) is 4.31 Å². The number of anilines is 1. The number of nitrogens with one attached hydrogen (secondary N) is 1. The van der Waals surface area contributed by atoms with Crippen molar-refractivity contribution in [1.82, 2.24) is 9.29 Å². The molecule has 0 unspecified atom stereocenters. The first kappa shape index (κ1) is 19.7. The standard InChI is InChI=1S/C17H18FN3O4S2/c1-26-16-5-2-12(11-19-16)20-17(22)14-10-13(3-4-15(14)18)27(23,24)21-6-8-25-9-7-21/h2-5,10-11H,6-9H2,1H3,(H,20,22). The van der Waals surface area contributed by atoms with E-state index in [1.165, 1.54) is 22.3 Å². The van der Waals surface area contributed by atoms with Crippen molar-refractivity contribution in [2.75, 3.05) is 37.9 Å². The summed E-state index contributed by atoms with van der Waals surface area (Å²) in [4.78, 5) is 16.4. The van der Waals surface area contributed by atoms with Gasteiger partial charge in [-0.25, -0.2) is 17.8 Å². The van der Waals surface area contributed by atoms with Crippen molar-refractivity contribution in [3.63, 3.8) is 0 Å². The van der Waals surface area contributed by atoms with Crippen LogP contribution >= 0.6 is 11.8 Å². The molecule has 1 fully saturated rings. The van der Waals surface area contributed by atoms with Gasteiger partial charge in [-0.3, -0.25) is 4.79 Å². The first-order valence-electron chi connectivity index (χ1n) is 8.10. The number of nitrogens with zero attached hydrogens (tertiary/aromatic N) is 2. The number of carbonyl (C=O) groups excluding carboxylic acids is 1. The van der Waals surface area contributed by atoms with E-state index in [4.69, 9.17) is 4.74 Å². The average Bonchev–Trinajstić information content (AvgIpc) is 2.69. The number of benzene rings is 1. The van der Waals surface area contributed by atoms with Gasteiger partial charge in [0.1, 0.15) is 5.82 Å². The normalized spacial score (nSPS) is 15.5. The maximum absolute atomic E-state index is 14.2. The van der Waals surface area contributed by atoms with Crippen molar-refractivity contribution in [3.05, 3.63) is 47.9 Å². The summed E-state index contributed by atoms with van der Waals surface area (Å²) in [5.41, 5.74) is 0.0388. The molecule has 2 heterocycles. The molecule has 1 aliphatic heterocycles. The van der Waals surface area contributed by atoms with E-state index in [-0.39, 0.29) is 23.5 Å². The van der Waals surface area contributed by atoms with Gasteiger partial charge in [0.2, 0.25) is 10.0 Å². The molecule has 1 aromatic carbocycles. The molecule has 7 nitrogen and oxygen atoms in total. The van der Waals surface area contributed by atoms with Crippen LogP contribution in [-0.2, 0) is 14.8 Å². The summed E-state index contributed by atoms with van der Waals surface area (Å²) in [6.07, 6.45) is 3.33. The Labute approximate surface area is 161 Å².